The van der Waals surface area contributed by atoms with E-state index in [1.54, 1.807) is 6.20 Å². The number of nitrogens with one attached hydrogen (secondary N) is 1. The number of anilines is 1. The first kappa shape index (κ1) is 13.2. The van der Waals surface area contributed by atoms with Crippen molar-refractivity contribution < 1.29 is 4.74 Å². The lowest BCUT2D eigenvalue weighted by molar-refractivity contribution is 0.0313. The Morgan fingerprint density at radius 2 is 2.17 bits per heavy atom. The molecule has 1 fully saturated rings. The number of rotatable bonds is 5. The van der Waals surface area contributed by atoms with Crippen LogP contribution >= 0.6 is 0 Å². The van der Waals surface area contributed by atoms with Gasteiger partial charge in [-0.3, -0.25) is 0 Å². The van der Waals surface area contributed by atoms with Gasteiger partial charge in [-0.05, 0) is 38.7 Å². The highest BCUT2D eigenvalue weighted by Gasteiger charge is 2.18. The van der Waals surface area contributed by atoms with Gasteiger partial charge in [0.15, 0.2) is 0 Å². The number of nitrogens with zero attached hydrogens (tertiary/aromatic N) is 2. The van der Waals surface area contributed by atoms with Crippen molar-refractivity contribution in [3.8, 4) is 0 Å². The van der Waals surface area contributed by atoms with E-state index in [1.165, 1.54) is 0 Å². The topological polar surface area (TPSA) is 73.1 Å². The zero-order valence-corrected chi connectivity index (χ0v) is 10.9. The molecule has 0 saturated heterocycles. The quantitative estimate of drug-likeness (QED) is 0.774. The van der Waals surface area contributed by atoms with Gasteiger partial charge < -0.3 is 15.8 Å². The molecule has 0 atom stereocenters. The van der Waals surface area contributed by atoms with Crippen LogP contribution in [0.5, 0.6) is 0 Å². The molecule has 0 radical (unpaired) electrons. The molecule has 3 N–H and O–H groups in total. The zero-order chi connectivity index (χ0) is 12.8. The lowest BCUT2D eigenvalue weighted by atomic mass is 9.94. The molecule has 0 amide bonds. The van der Waals surface area contributed by atoms with Crippen LogP contribution in [0.25, 0.3) is 0 Å². The number of hydrogen-bond acceptors (Lipinski definition) is 5. The van der Waals surface area contributed by atoms with Crippen molar-refractivity contribution in [2.24, 2.45) is 5.73 Å². The number of aryl methyl sites for hydroxylation is 1. The van der Waals surface area contributed by atoms with Crippen LogP contribution in [0.3, 0.4) is 0 Å². The highest BCUT2D eigenvalue weighted by Crippen LogP contribution is 2.19. The lowest BCUT2D eigenvalue weighted by Gasteiger charge is -2.26. The molecule has 5 nitrogen and oxygen atoms in total. The highest BCUT2D eigenvalue weighted by atomic mass is 16.5. The van der Waals surface area contributed by atoms with Crippen LogP contribution < -0.4 is 11.1 Å². The van der Waals surface area contributed by atoms with Crippen molar-refractivity contribution in [1.82, 2.24) is 9.97 Å². The minimum absolute atomic E-state index is 0.381. The first-order chi connectivity index (χ1) is 8.74. The van der Waals surface area contributed by atoms with Crippen molar-refractivity contribution in [1.29, 1.82) is 0 Å². The van der Waals surface area contributed by atoms with Crippen LogP contribution in [0.2, 0.25) is 0 Å². The van der Waals surface area contributed by atoms with Gasteiger partial charge in [-0.1, -0.05) is 0 Å². The number of ether oxygens (including phenoxy) is 1. The number of hydrogen-bond donors (Lipinski definition) is 2. The summed E-state index contributed by atoms with van der Waals surface area (Å²) in [4.78, 5) is 8.33. The molecule has 0 aliphatic heterocycles. The molecule has 100 valence electrons. The molecular weight excluding hydrogens is 228 g/mol. The summed E-state index contributed by atoms with van der Waals surface area (Å²) in [5.74, 6) is 1.64. The Morgan fingerprint density at radius 3 is 2.89 bits per heavy atom. The van der Waals surface area contributed by atoms with Crippen LogP contribution in [0.4, 0.5) is 5.82 Å². The van der Waals surface area contributed by atoms with Crippen molar-refractivity contribution in [3.63, 3.8) is 0 Å². The SMILES string of the molecule is Cc1nccc(NCCOC2CCC(N)CC2)n1. The second kappa shape index (κ2) is 6.66. The van der Waals surface area contributed by atoms with E-state index in [1.807, 2.05) is 13.0 Å². The molecular formula is C13H22N4O. The first-order valence-corrected chi connectivity index (χ1v) is 6.65. The van der Waals surface area contributed by atoms with Crippen molar-refractivity contribution in [3.05, 3.63) is 18.1 Å². The summed E-state index contributed by atoms with van der Waals surface area (Å²) in [7, 11) is 0. The summed E-state index contributed by atoms with van der Waals surface area (Å²) in [6.45, 7) is 3.37. The second-order valence-corrected chi connectivity index (χ2v) is 4.82. The molecule has 0 spiro atoms. The molecule has 1 aliphatic carbocycles. The Kier molecular flexibility index (Phi) is 4.90. The summed E-state index contributed by atoms with van der Waals surface area (Å²) in [5, 5.41) is 3.23. The summed E-state index contributed by atoms with van der Waals surface area (Å²) in [5.41, 5.74) is 5.86. The first-order valence-electron chi connectivity index (χ1n) is 6.65. The van der Waals surface area contributed by atoms with Crippen molar-refractivity contribution >= 4 is 5.82 Å². The van der Waals surface area contributed by atoms with Gasteiger partial charge in [-0.2, -0.15) is 0 Å². The van der Waals surface area contributed by atoms with Gasteiger partial charge in [0, 0.05) is 18.8 Å². The van der Waals surface area contributed by atoms with Gasteiger partial charge in [-0.25, -0.2) is 9.97 Å². The van der Waals surface area contributed by atoms with E-state index in [0.717, 1.165) is 43.9 Å². The third kappa shape index (κ3) is 4.23. The van der Waals surface area contributed by atoms with Crippen LogP contribution in [0, 0.1) is 6.92 Å². The minimum atomic E-state index is 0.381. The van der Waals surface area contributed by atoms with E-state index in [0.29, 0.717) is 18.8 Å². The predicted octanol–water partition coefficient (Wildman–Crippen LogP) is 1.48. The molecule has 0 bridgehead atoms. The normalized spacial score (nSPS) is 23.9. The highest BCUT2D eigenvalue weighted by molar-refractivity contribution is 5.32. The van der Waals surface area contributed by atoms with Crippen LogP contribution in [0.15, 0.2) is 12.3 Å². The summed E-state index contributed by atoms with van der Waals surface area (Å²) >= 11 is 0. The van der Waals surface area contributed by atoms with Gasteiger partial charge in [0.05, 0.1) is 12.7 Å². The third-order valence-electron chi connectivity index (χ3n) is 3.26. The Labute approximate surface area is 108 Å². The molecule has 18 heavy (non-hydrogen) atoms. The van der Waals surface area contributed by atoms with E-state index >= 15 is 0 Å². The molecule has 1 heterocycles. The van der Waals surface area contributed by atoms with Gasteiger partial charge >= 0.3 is 0 Å². The predicted molar refractivity (Wildman–Crippen MR) is 71.4 cm³/mol. The lowest BCUT2D eigenvalue weighted by Crippen LogP contribution is -2.31. The molecule has 1 aliphatic rings. The maximum absolute atomic E-state index is 5.86. The fraction of sp³-hybridized carbons (Fsp3) is 0.692. The van der Waals surface area contributed by atoms with Crippen molar-refractivity contribution in [2.45, 2.75) is 44.8 Å². The molecule has 1 saturated carbocycles. The fourth-order valence-electron chi connectivity index (χ4n) is 2.21. The molecule has 1 aromatic heterocycles. The standard InChI is InChI=1S/C13H22N4O/c1-10-15-7-6-13(17-10)16-8-9-18-12-4-2-11(14)3-5-12/h6-7,11-12H,2-5,8-9,14H2,1H3,(H,15,16,17). The third-order valence-corrected chi connectivity index (χ3v) is 3.26. The molecule has 1 aromatic rings. The summed E-state index contributed by atoms with van der Waals surface area (Å²) in [6, 6.07) is 2.25. The van der Waals surface area contributed by atoms with E-state index in [4.69, 9.17) is 10.5 Å². The largest absolute Gasteiger partial charge is 0.376 e. The van der Waals surface area contributed by atoms with Crippen LogP contribution in [-0.2, 0) is 4.74 Å². The maximum Gasteiger partial charge on any atom is 0.129 e. The molecule has 0 unspecified atom stereocenters. The summed E-state index contributed by atoms with van der Waals surface area (Å²) in [6.07, 6.45) is 6.50. The van der Waals surface area contributed by atoms with Crippen molar-refractivity contribution in [2.75, 3.05) is 18.5 Å². The Bertz CT molecular complexity index is 364. The van der Waals surface area contributed by atoms with E-state index in [9.17, 15) is 0 Å². The number of aromatic nitrogens is 2. The summed E-state index contributed by atoms with van der Waals surface area (Å²) < 4.78 is 5.82. The van der Waals surface area contributed by atoms with E-state index in [2.05, 4.69) is 15.3 Å². The Morgan fingerprint density at radius 1 is 1.39 bits per heavy atom. The maximum atomic E-state index is 5.86. The van der Waals surface area contributed by atoms with Crippen LogP contribution in [0.1, 0.15) is 31.5 Å². The van der Waals surface area contributed by atoms with Gasteiger partial charge in [0.25, 0.3) is 0 Å². The average molecular weight is 250 g/mol. The Balaban J connectivity index is 1.61. The van der Waals surface area contributed by atoms with Gasteiger partial charge in [0.1, 0.15) is 11.6 Å². The molecule has 0 aromatic carbocycles. The van der Waals surface area contributed by atoms with E-state index in [-0.39, 0.29) is 0 Å². The van der Waals surface area contributed by atoms with Crippen LogP contribution in [-0.4, -0.2) is 35.3 Å². The molecule has 5 heteroatoms. The smallest absolute Gasteiger partial charge is 0.129 e. The fourth-order valence-corrected chi connectivity index (χ4v) is 2.21. The number of nitrogens with two attached hydrogens (primary N) is 1. The Hall–Kier alpha value is -1.20. The molecule has 2 rings (SSSR count). The van der Waals surface area contributed by atoms with E-state index < -0.39 is 0 Å². The second-order valence-electron chi connectivity index (χ2n) is 4.82. The zero-order valence-electron chi connectivity index (χ0n) is 10.9. The minimum Gasteiger partial charge on any atom is -0.376 e. The monoisotopic (exact) mass is 250 g/mol. The van der Waals surface area contributed by atoms with Gasteiger partial charge in [-0.15, -0.1) is 0 Å². The van der Waals surface area contributed by atoms with Gasteiger partial charge in [0.2, 0.25) is 0 Å². The average Bonchev–Trinajstić information content (AvgIpc) is 2.37.